The number of nitrogens with two attached hydrogens (primary N) is 1. The van der Waals surface area contributed by atoms with Crippen molar-refractivity contribution in [3.63, 3.8) is 0 Å². The van der Waals surface area contributed by atoms with Gasteiger partial charge in [0.15, 0.2) is 11.1 Å². The van der Waals surface area contributed by atoms with E-state index in [-0.39, 0.29) is 5.96 Å². The van der Waals surface area contributed by atoms with E-state index in [1.54, 1.807) is 18.2 Å². The lowest BCUT2D eigenvalue weighted by Crippen LogP contribution is -2.20. The Kier molecular flexibility index (Phi) is 3.51. The van der Waals surface area contributed by atoms with Crippen molar-refractivity contribution in [2.24, 2.45) is 5.73 Å². The third-order valence-corrected chi connectivity index (χ3v) is 3.26. The van der Waals surface area contributed by atoms with E-state index < -0.39 is 0 Å². The van der Waals surface area contributed by atoms with Gasteiger partial charge in [-0.25, -0.2) is 4.98 Å². The Morgan fingerprint density at radius 1 is 1.41 bits per heavy atom. The van der Waals surface area contributed by atoms with Crippen LogP contribution < -0.4 is 11.1 Å². The van der Waals surface area contributed by atoms with Gasteiger partial charge in [0, 0.05) is 16.0 Å². The second-order valence-corrected chi connectivity index (χ2v) is 4.90. The van der Waals surface area contributed by atoms with Crippen LogP contribution in [0.1, 0.15) is 0 Å². The van der Waals surface area contributed by atoms with Crippen molar-refractivity contribution < 1.29 is 0 Å². The Labute approximate surface area is 112 Å². The zero-order valence-electron chi connectivity index (χ0n) is 8.50. The molecule has 1 aromatic carbocycles. The van der Waals surface area contributed by atoms with Crippen LogP contribution in [0.5, 0.6) is 0 Å². The molecule has 0 unspecified atom stereocenters. The van der Waals surface area contributed by atoms with Gasteiger partial charge < -0.3 is 11.1 Å². The number of hydrogen-bond donors (Lipinski definition) is 3. The first-order chi connectivity index (χ1) is 8.06. The van der Waals surface area contributed by atoms with Crippen molar-refractivity contribution >= 4 is 45.6 Å². The molecule has 0 bridgehead atoms. The summed E-state index contributed by atoms with van der Waals surface area (Å²) in [6.07, 6.45) is 0. The molecule has 2 rings (SSSR count). The van der Waals surface area contributed by atoms with E-state index in [1.165, 1.54) is 11.3 Å². The Hall–Kier alpha value is -1.30. The van der Waals surface area contributed by atoms with E-state index in [0.29, 0.717) is 15.2 Å². The zero-order chi connectivity index (χ0) is 12.4. The monoisotopic (exact) mass is 286 g/mol. The minimum absolute atomic E-state index is 0.145. The number of halogens is 2. The second-order valence-electron chi connectivity index (χ2n) is 3.20. The van der Waals surface area contributed by atoms with Gasteiger partial charge in [0.25, 0.3) is 0 Å². The standard InChI is InChI=1S/C10H8Cl2N4S/c11-5-1-2-6(7(12)3-5)8-4-17-10(15-8)16-9(13)14/h1-4H,(H4,13,14,15,16). The highest BCUT2D eigenvalue weighted by Crippen LogP contribution is 2.32. The number of hydrogen-bond acceptors (Lipinski definition) is 3. The van der Waals surface area contributed by atoms with Gasteiger partial charge in [0.05, 0.1) is 10.7 Å². The van der Waals surface area contributed by atoms with Crippen LogP contribution in [0.3, 0.4) is 0 Å². The molecule has 0 aliphatic carbocycles. The van der Waals surface area contributed by atoms with Crippen molar-refractivity contribution in [2.45, 2.75) is 0 Å². The minimum Gasteiger partial charge on any atom is -0.370 e. The molecule has 0 saturated carbocycles. The summed E-state index contributed by atoms with van der Waals surface area (Å²) in [4.78, 5) is 4.27. The van der Waals surface area contributed by atoms with E-state index >= 15 is 0 Å². The molecule has 7 heteroatoms. The number of benzene rings is 1. The summed E-state index contributed by atoms with van der Waals surface area (Å²) in [5.41, 5.74) is 6.74. The number of nitrogens with zero attached hydrogens (tertiary/aromatic N) is 1. The zero-order valence-corrected chi connectivity index (χ0v) is 10.8. The first kappa shape index (κ1) is 12.2. The molecule has 0 amide bonds. The number of guanidine groups is 1. The maximum atomic E-state index is 7.11. The summed E-state index contributed by atoms with van der Waals surface area (Å²) >= 11 is 13.2. The van der Waals surface area contributed by atoms with Crippen LogP contribution >= 0.6 is 34.5 Å². The topological polar surface area (TPSA) is 74.8 Å². The van der Waals surface area contributed by atoms with Crippen LogP contribution in [0.15, 0.2) is 23.6 Å². The van der Waals surface area contributed by atoms with Crippen LogP contribution in [0.25, 0.3) is 11.3 Å². The Balaban J connectivity index is 2.33. The fraction of sp³-hybridized carbons (Fsp3) is 0. The van der Waals surface area contributed by atoms with Crippen LogP contribution in [0, 0.1) is 5.41 Å². The summed E-state index contributed by atoms with van der Waals surface area (Å²) in [6.45, 7) is 0. The number of aromatic nitrogens is 1. The average molecular weight is 287 g/mol. The normalized spacial score (nSPS) is 10.2. The lowest BCUT2D eigenvalue weighted by molar-refractivity contribution is 1.36. The van der Waals surface area contributed by atoms with E-state index in [0.717, 1.165) is 11.3 Å². The summed E-state index contributed by atoms with van der Waals surface area (Å²) in [5.74, 6) is -0.145. The van der Waals surface area contributed by atoms with Crippen LogP contribution in [-0.2, 0) is 0 Å². The second kappa shape index (κ2) is 4.91. The van der Waals surface area contributed by atoms with E-state index in [2.05, 4.69) is 10.3 Å². The van der Waals surface area contributed by atoms with Gasteiger partial charge in [0.2, 0.25) is 0 Å². The van der Waals surface area contributed by atoms with E-state index in [4.69, 9.17) is 34.3 Å². The molecular formula is C10H8Cl2N4S. The molecule has 0 aliphatic heterocycles. The molecule has 1 aromatic heterocycles. The highest BCUT2D eigenvalue weighted by Gasteiger charge is 2.08. The van der Waals surface area contributed by atoms with Crippen molar-refractivity contribution in [1.82, 2.24) is 4.98 Å². The van der Waals surface area contributed by atoms with E-state index in [1.807, 2.05) is 5.38 Å². The smallest absolute Gasteiger partial charge is 0.192 e. The largest absolute Gasteiger partial charge is 0.370 e. The third-order valence-electron chi connectivity index (χ3n) is 1.95. The predicted molar refractivity (Wildman–Crippen MR) is 73.1 cm³/mol. The molecule has 0 spiro atoms. The van der Waals surface area contributed by atoms with Crippen molar-refractivity contribution in [1.29, 1.82) is 5.41 Å². The molecule has 1 heterocycles. The molecule has 4 N–H and O–H groups in total. The van der Waals surface area contributed by atoms with Crippen LogP contribution in [-0.4, -0.2) is 10.9 Å². The maximum absolute atomic E-state index is 7.11. The molecule has 0 fully saturated rings. The molecule has 0 aliphatic rings. The van der Waals surface area contributed by atoms with Gasteiger partial charge in [-0.05, 0) is 18.2 Å². The highest BCUT2D eigenvalue weighted by molar-refractivity contribution is 7.14. The predicted octanol–water partition coefficient (Wildman–Crippen LogP) is 3.42. The molecule has 0 saturated heterocycles. The van der Waals surface area contributed by atoms with E-state index in [9.17, 15) is 0 Å². The van der Waals surface area contributed by atoms with Crippen molar-refractivity contribution in [2.75, 3.05) is 5.32 Å². The Morgan fingerprint density at radius 2 is 2.18 bits per heavy atom. The fourth-order valence-electron chi connectivity index (χ4n) is 1.27. The van der Waals surface area contributed by atoms with Gasteiger partial charge in [-0.2, -0.15) is 0 Å². The van der Waals surface area contributed by atoms with Gasteiger partial charge in [-0.1, -0.05) is 23.2 Å². The summed E-state index contributed by atoms with van der Waals surface area (Å²) in [7, 11) is 0. The summed E-state index contributed by atoms with van der Waals surface area (Å²) < 4.78 is 0. The highest BCUT2D eigenvalue weighted by atomic mass is 35.5. The quantitative estimate of drug-likeness (QED) is 0.585. The van der Waals surface area contributed by atoms with Crippen LogP contribution in [0.4, 0.5) is 5.13 Å². The molecule has 17 heavy (non-hydrogen) atoms. The van der Waals surface area contributed by atoms with Crippen molar-refractivity contribution in [3.8, 4) is 11.3 Å². The summed E-state index contributed by atoms with van der Waals surface area (Å²) in [5, 5.41) is 13.2. The fourth-order valence-corrected chi connectivity index (χ4v) is 2.50. The van der Waals surface area contributed by atoms with Gasteiger partial charge in [0.1, 0.15) is 0 Å². The molecular weight excluding hydrogens is 279 g/mol. The SMILES string of the molecule is N=C(N)Nc1nc(-c2ccc(Cl)cc2Cl)cs1. The summed E-state index contributed by atoms with van der Waals surface area (Å²) in [6, 6.07) is 5.22. The minimum atomic E-state index is -0.145. The Morgan fingerprint density at radius 3 is 2.82 bits per heavy atom. The third kappa shape index (κ3) is 2.88. The molecule has 0 radical (unpaired) electrons. The molecule has 0 atom stereocenters. The molecule has 2 aromatic rings. The first-order valence-corrected chi connectivity index (χ1v) is 6.22. The molecule has 4 nitrogen and oxygen atoms in total. The number of nitrogens with one attached hydrogen (secondary N) is 2. The van der Waals surface area contributed by atoms with Crippen molar-refractivity contribution in [3.05, 3.63) is 33.6 Å². The first-order valence-electron chi connectivity index (χ1n) is 4.58. The van der Waals surface area contributed by atoms with Gasteiger partial charge in [-0.15, -0.1) is 11.3 Å². The van der Waals surface area contributed by atoms with Gasteiger partial charge in [-0.3, -0.25) is 5.41 Å². The average Bonchev–Trinajstić information content (AvgIpc) is 2.65. The lowest BCUT2D eigenvalue weighted by atomic mass is 10.2. The number of rotatable bonds is 2. The molecule has 88 valence electrons. The number of thiazole rings is 1. The van der Waals surface area contributed by atoms with Crippen LogP contribution in [0.2, 0.25) is 10.0 Å². The number of anilines is 1. The maximum Gasteiger partial charge on any atom is 0.192 e. The lowest BCUT2D eigenvalue weighted by Gasteiger charge is -2.01. The van der Waals surface area contributed by atoms with Gasteiger partial charge >= 0.3 is 0 Å². The Bertz CT molecular complexity index is 567.